The number of pyridine rings is 1. The number of aryl methyl sites for hydroxylation is 2. The highest BCUT2D eigenvalue weighted by molar-refractivity contribution is 5.88. The van der Waals surface area contributed by atoms with Crippen molar-refractivity contribution in [1.29, 1.82) is 0 Å². The smallest absolute Gasteiger partial charge is 0.335 e. The van der Waals surface area contributed by atoms with Crippen molar-refractivity contribution in [2.24, 2.45) is 7.05 Å². The molecule has 0 unspecified atom stereocenters. The van der Waals surface area contributed by atoms with Crippen molar-refractivity contribution in [2.45, 2.75) is 26.3 Å². The Morgan fingerprint density at radius 2 is 2.20 bits per heavy atom. The molecule has 0 aliphatic carbocycles. The molecule has 6 heteroatoms. The van der Waals surface area contributed by atoms with Crippen LogP contribution < -0.4 is 5.32 Å². The number of rotatable bonds is 6. The molecule has 0 bridgehead atoms. The molecule has 0 aliphatic heterocycles. The number of aromatic carboxylic acids is 1. The summed E-state index contributed by atoms with van der Waals surface area (Å²) in [7, 11) is 1.85. The maximum atomic E-state index is 11.1. The molecule has 106 valence electrons. The van der Waals surface area contributed by atoms with Gasteiger partial charge in [-0.05, 0) is 24.6 Å². The van der Waals surface area contributed by atoms with Crippen LogP contribution in [0.4, 0.5) is 5.82 Å². The van der Waals surface area contributed by atoms with Crippen molar-refractivity contribution in [1.82, 2.24) is 14.8 Å². The van der Waals surface area contributed by atoms with Crippen LogP contribution in [0.25, 0.3) is 0 Å². The lowest BCUT2D eigenvalue weighted by atomic mass is 10.1. The zero-order chi connectivity index (χ0) is 14.5. The summed E-state index contributed by atoms with van der Waals surface area (Å²) in [6, 6.07) is 5.07. The third kappa shape index (κ3) is 3.57. The van der Waals surface area contributed by atoms with E-state index in [1.54, 1.807) is 16.8 Å². The zero-order valence-corrected chi connectivity index (χ0v) is 11.6. The van der Waals surface area contributed by atoms with Gasteiger partial charge in [-0.15, -0.1) is 0 Å². The van der Waals surface area contributed by atoms with E-state index in [0.29, 0.717) is 12.4 Å². The van der Waals surface area contributed by atoms with Gasteiger partial charge in [0, 0.05) is 18.9 Å². The van der Waals surface area contributed by atoms with Crippen molar-refractivity contribution in [3.05, 3.63) is 41.3 Å². The summed E-state index contributed by atoms with van der Waals surface area (Å²) < 4.78 is 1.72. The quantitative estimate of drug-likeness (QED) is 0.843. The van der Waals surface area contributed by atoms with Gasteiger partial charge < -0.3 is 10.4 Å². The van der Waals surface area contributed by atoms with E-state index >= 15 is 0 Å². The molecule has 2 heterocycles. The normalized spacial score (nSPS) is 10.5. The minimum atomic E-state index is -0.939. The lowest BCUT2D eigenvalue weighted by Gasteiger charge is -2.08. The first-order chi connectivity index (χ1) is 9.58. The second kappa shape index (κ2) is 6.18. The third-order valence-electron chi connectivity index (χ3n) is 2.85. The highest BCUT2D eigenvalue weighted by atomic mass is 16.4. The predicted molar refractivity (Wildman–Crippen MR) is 75.7 cm³/mol. The summed E-state index contributed by atoms with van der Waals surface area (Å²) in [6.45, 7) is 2.55. The molecular formula is C14H18N4O2. The maximum absolute atomic E-state index is 11.1. The summed E-state index contributed by atoms with van der Waals surface area (Å²) >= 11 is 0. The molecule has 0 amide bonds. The van der Waals surface area contributed by atoms with E-state index in [2.05, 4.69) is 15.4 Å². The number of nitrogens with zero attached hydrogens (tertiary/aromatic N) is 3. The van der Waals surface area contributed by atoms with E-state index in [0.717, 1.165) is 24.2 Å². The van der Waals surface area contributed by atoms with E-state index in [9.17, 15) is 4.79 Å². The number of aromatic nitrogens is 3. The molecule has 0 atom stereocenters. The average Bonchev–Trinajstić information content (AvgIpc) is 2.82. The maximum Gasteiger partial charge on any atom is 0.335 e. The van der Waals surface area contributed by atoms with Crippen molar-refractivity contribution < 1.29 is 9.90 Å². The number of carbonyl (C=O) groups is 1. The predicted octanol–water partition coefficient (Wildman–Crippen LogP) is 2.08. The van der Waals surface area contributed by atoms with E-state index in [1.807, 2.05) is 26.2 Å². The first-order valence-electron chi connectivity index (χ1n) is 6.55. The summed E-state index contributed by atoms with van der Waals surface area (Å²) in [5.74, 6) is -0.371. The van der Waals surface area contributed by atoms with Gasteiger partial charge in [0.2, 0.25) is 0 Å². The molecule has 20 heavy (non-hydrogen) atoms. The molecule has 0 aromatic carbocycles. The van der Waals surface area contributed by atoms with Crippen LogP contribution in [0.5, 0.6) is 0 Å². The van der Waals surface area contributed by atoms with Crippen LogP contribution >= 0.6 is 0 Å². The highest BCUT2D eigenvalue weighted by Crippen LogP contribution is 2.13. The van der Waals surface area contributed by atoms with Crippen LogP contribution in [0.15, 0.2) is 24.4 Å². The lowest BCUT2D eigenvalue weighted by Crippen LogP contribution is -2.07. The fraction of sp³-hybridized carbons (Fsp3) is 0.357. The average molecular weight is 274 g/mol. The van der Waals surface area contributed by atoms with E-state index in [1.165, 1.54) is 0 Å². The summed E-state index contributed by atoms with van der Waals surface area (Å²) in [5.41, 5.74) is 1.93. The van der Waals surface area contributed by atoms with Crippen LogP contribution in [0.2, 0.25) is 0 Å². The Bertz CT molecular complexity index is 607. The molecule has 0 saturated carbocycles. The van der Waals surface area contributed by atoms with E-state index in [-0.39, 0.29) is 5.56 Å². The molecule has 2 aromatic heterocycles. The minimum absolute atomic E-state index is 0.256. The Labute approximate surface area is 117 Å². The minimum Gasteiger partial charge on any atom is -0.478 e. The number of hydrogen-bond donors (Lipinski definition) is 2. The van der Waals surface area contributed by atoms with Gasteiger partial charge >= 0.3 is 5.97 Å². The summed E-state index contributed by atoms with van der Waals surface area (Å²) in [5, 5.41) is 16.5. The Morgan fingerprint density at radius 3 is 2.80 bits per heavy atom. The Kier molecular flexibility index (Phi) is 4.34. The van der Waals surface area contributed by atoms with Crippen LogP contribution in [0, 0.1) is 0 Å². The molecule has 0 aliphatic rings. The number of anilines is 1. The number of hydrogen-bond acceptors (Lipinski definition) is 4. The van der Waals surface area contributed by atoms with Crippen molar-refractivity contribution >= 4 is 11.8 Å². The van der Waals surface area contributed by atoms with Crippen LogP contribution in [-0.2, 0) is 20.0 Å². The molecular weight excluding hydrogens is 256 g/mol. The van der Waals surface area contributed by atoms with Crippen molar-refractivity contribution in [3.8, 4) is 0 Å². The van der Waals surface area contributed by atoms with Gasteiger partial charge in [-0.1, -0.05) is 13.3 Å². The second-order valence-corrected chi connectivity index (χ2v) is 4.62. The van der Waals surface area contributed by atoms with Crippen molar-refractivity contribution in [2.75, 3.05) is 5.32 Å². The van der Waals surface area contributed by atoms with E-state index in [4.69, 9.17) is 5.11 Å². The molecule has 0 radical (unpaired) electrons. The van der Waals surface area contributed by atoms with Gasteiger partial charge in [-0.2, -0.15) is 5.10 Å². The molecule has 2 N–H and O–H groups in total. The summed E-state index contributed by atoms with van der Waals surface area (Å²) in [4.78, 5) is 15.5. The van der Waals surface area contributed by atoms with Gasteiger partial charge in [0.1, 0.15) is 5.82 Å². The first kappa shape index (κ1) is 14.0. The monoisotopic (exact) mass is 274 g/mol. The van der Waals surface area contributed by atoms with Gasteiger partial charge in [0.15, 0.2) is 0 Å². The standard InChI is InChI=1S/C14H18N4O2/c1-3-4-11-7-10(14(19)20)8-13(16-11)15-9-12-5-6-18(2)17-12/h5-8H,3-4,9H2,1-2H3,(H,15,16)(H,19,20). The van der Waals surface area contributed by atoms with Gasteiger partial charge in [0.05, 0.1) is 17.8 Å². The fourth-order valence-electron chi connectivity index (χ4n) is 1.92. The number of carboxylic acid groups (broad SMARTS) is 1. The fourth-order valence-corrected chi connectivity index (χ4v) is 1.92. The van der Waals surface area contributed by atoms with Crippen LogP contribution in [0.3, 0.4) is 0 Å². The zero-order valence-electron chi connectivity index (χ0n) is 11.6. The van der Waals surface area contributed by atoms with Crippen LogP contribution in [0.1, 0.15) is 35.1 Å². The Hall–Kier alpha value is -2.37. The third-order valence-corrected chi connectivity index (χ3v) is 2.85. The molecule has 0 fully saturated rings. The second-order valence-electron chi connectivity index (χ2n) is 4.62. The first-order valence-corrected chi connectivity index (χ1v) is 6.55. The van der Waals surface area contributed by atoms with Gasteiger partial charge in [-0.3, -0.25) is 4.68 Å². The lowest BCUT2D eigenvalue weighted by molar-refractivity contribution is 0.0696. The molecule has 2 rings (SSSR count). The van der Waals surface area contributed by atoms with Gasteiger partial charge in [-0.25, -0.2) is 9.78 Å². The van der Waals surface area contributed by atoms with Gasteiger partial charge in [0.25, 0.3) is 0 Å². The van der Waals surface area contributed by atoms with Crippen LogP contribution in [-0.4, -0.2) is 25.8 Å². The van der Waals surface area contributed by atoms with Crippen molar-refractivity contribution in [3.63, 3.8) is 0 Å². The number of nitrogens with one attached hydrogen (secondary N) is 1. The Balaban J connectivity index is 2.15. The topological polar surface area (TPSA) is 80.0 Å². The molecule has 2 aromatic rings. The summed E-state index contributed by atoms with van der Waals surface area (Å²) in [6.07, 6.45) is 3.55. The largest absolute Gasteiger partial charge is 0.478 e. The SMILES string of the molecule is CCCc1cc(C(=O)O)cc(NCc2ccn(C)n2)n1. The molecule has 6 nitrogen and oxygen atoms in total. The number of carboxylic acids is 1. The van der Waals surface area contributed by atoms with E-state index < -0.39 is 5.97 Å². The molecule has 0 saturated heterocycles. The highest BCUT2D eigenvalue weighted by Gasteiger charge is 2.08. The Morgan fingerprint density at radius 1 is 1.40 bits per heavy atom. The molecule has 0 spiro atoms.